The highest BCUT2D eigenvalue weighted by atomic mass is 16.5. The average molecular weight is 360 g/mol. The molecule has 0 saturated carbocycles. The van der Waals surface area contributed by atoms with E-state index in [-0.39, 0.29) is 0 Å². The first kappa shape index (κ1) is 16.4. The molecule has 1 aromatic heterocycles. The van der Waals surface area contributed by atoms with E-state index in [4.69, 9.17) is 4.74 Å². The SMILES string of the molecule is c1cc(N2CCC(Nc3ccc4c(c3)COC4)CC2)cc(-n2cccn2)c1. The largest absolute Gasteiger partial charge is 0.382 e. The number of fused-ring (bicyclic) bond motifs is 1. The smallest absolute Gasteiger partial charge is 0.0725 e. The maximum absolute atomic E-state index is 5.52. The van der Waals surface area contributed by atoms with Crippen LogP contribution in [-0.2, 0) is 18.0 Å². The van der Waals surface area contributed by atoms with Crippen molar-refractivity contribution in [3.8, 4) is 5.69 Å². The predicted molar refractivity (Wildman–Crippen MR) is 107 cm³/mol. The van der Waals surface area contributed by atoms with E-state index in [0.29, 0.717) is 6.04 Å². The van der Waals surface area contributed by atoms with Crippen molar-refractivity contribution in [1.82, 2.24) is 9.78 Å². The lowest BCUT2D eigenvalue weighted by molar-refractivity contribution is 0.134. The van der Waals surface area contributed by atoms with Gasteiger partial charge < -0.3 is 15.0 Å². The zero-order chi connectivity index (χ0) is 18.1. The van der Waals surface area contributed by atoms with Gasteiger partial charge in [-0.1, -0.05) is 12.1 Å². The van der Waals surface area contributed by atoms with E-state index in [1.54, 1.807) is 0 Å². The summed E-state index contributed by atoms with van der Waals surface area (Å²) in [5.41, 5.74) is 6.26. The Balaban J connectivity index is 1.22. The zero-order valence-electron chi connectivity index (χ0n) is 15.3. The van der Waals surface area contributed by atoms with Crippen LogP contribution >= 0.6 is 0 Å². The van der Waals surface area contributed by atoms with Crippen molar-refractivity contribution in [2.24, 2.45) is 0 Å². The van der Waals surface area contributed by atoms with E-state index < -0.39 is 0 Å². The van der Waals surface area contributed by atoms with Crippen molar-refractivity contribution in [1.29, 1.82) is 0 Å². The van der Waals surface area contributed by atoms with Gasteiger partial charge in [0.1, 0.15) is 0 Å². The van der Waals surface area contributed by atoms with Gasteiger partial charge in [0, 0.05) is 42.9 Å². The Hall–Kier alpha value is -2.79. The molecule has 0 atom stereocenters. The molecule has 1 fully saturated rings. The second-order valence-electron chi connectivity index (χ2n) is 7.35. The van der Waals surface area contributed by atoms with E-state index in [1.807, 2.05) is 23.1 Å². The van der Waals surface area contributed by atoms with Gasteiger partial charge in [-0.25, -0.2) is 4.68 Å². The molecule has 1 N–H and O–H groups in total. The van der Waals surface area contributed by atoms with Gasteiger partial charge in [-0.05, 0) is 60.4 Å². The molecule has 0 spiro atoms. The molecule has 2 aromatic carbocycles. The van der Waals surface area contributed by atoms with Crippen LogP contribution in [0.5, 0.6) is 0 Å². The van der Waals surface area contributed by atoms with Crippen LogP contribution in [0.1, 0.15) is 24.0 Å². The number of hydrogen-bond donors (Lipinski definition) is 1. The average Bonchev–Trinajstić information content (AvgIpc) is 3.40. The molecule has 2 aliphatic heterocycles. The molecular formula is C22H24N4O. The minimum Gasteiger partial charge on any atom is -0.382 e. The summed E-state index contributed by atoms with van der Waals surface area (Å²) >= 11 is 0. The number of ether oxygens (including phenoxy) is 1. The Morgan fingerprint density at radius 1 is 0.926 bits per heavy atom. The van der Waals surface area contributed by atoms with Gasteiger partial charge in [0.25, 0.3) is 0 Å². The van der Waals surface area contributed by atoms with E-state index >= 15 is 0 Å². The second-order valence-corrected chi connectivity index (χ2v) is 7.35. The van der Waals surface area contributed by atoms with Gasteiger partial charge in [-0.15, -0.1) is 0 Å². The van der Waals surface area contributed by atoms with Crippen LogP contribution in [-0.4, -0.2) is 28.9 Å². The summed E-state index contributed by atoms with van der Waals surface area (Å²) in [4.78, 5) is 2.47. The van der Waals surface area contributed by atoms with Crippen molar-refractivity contribution in [3.63, 3.8) is 0 Å². The Labute approximate surface area is 159 Å². The fourth-order valence-electron chi connectivity index (χ4n) is 4.03. The Kier molecular flexibility index (Phi) is 4.30. The number of piperidine rings is 1. The van der Waals surface area contributed by atoms with Crippen molar-refractivity contribution < 1.29 is 4.74 Å². The summed E-state index contributed by atoms with van der Waals surface area (Å²) < 4.78 is 7.43. The Bertz CT molecular complexity index is 914. The standard InChI is InChI=1S/C22H24N4O/c1-3-21(14-22(4-1)26-10-2-9-23-26)25-11-7-19(8-12-25)24-20-6-5-17-15-27-16-18(17)13-20/h1-6,9-10,13-14,19,24H,7-8,11-12,15-16H2. The topological polar surface area (TPSA) is 42.3 Å². The van der Waals surface area contributed by atoms with Gasteiger partial charge >= 0.3 is 0 Å². The highest BCUT2D eigenvalue weighted by Gasteiger charge is 2.20. The number of aromatic nitrogens is 2. The van der Waals surface area contributed by atoms with E-state index in [2.05, 4.69) is 57.8 Å². The van der Waals surface area contributed by atoms with Crippen molar-refractivity contribution in [2.45, 2.75) is 32.1 Å². The number of anilines is 2. The summed E-state index contributed by atoms with van der Waals surface area (Å²) in [5, 5.41) is 8.06. The predicted octanol–water partition coefficient (Wildman–Crippen LogP) is 3.98. The number of nitrogens with one attached hydrogen (secondary N) is 1. The maximum atomic E-state index is 5.52. The monoisotopic (exact) mass is 360 g/mol. The van der Waals surface area contributed by atoms with Gasteiger partial charge in [0.15, 0.2) is 0 Å². The Morgan fingerprint density at radius 2 is 1.78 bits per heavy atom. The molecule has 5 heteroatoms. The number of hydrogen-bond acceptors (Lipinski definition) is 4. The summed E-state index contributed by atoms with van der Waals surface area (Å²) in [6, 6.07) is 17.7. The maximum Gasteiger partial charge on any atom is 0.0725 e. The molecule has 0 aliphatic carbocycles. The summed E-state index contributed by atoms with van der Waals surface area (Å²) in [6.07, 6.45) is 6.07. The van der Waals surface area contributed by atoms with Crippen LogP contribution in [0.15, 0.2) is 60.9 Å². The molecule has 5 rings (SSSR count). The molecule has 0 radical (unpaired) electrons. The number of rotatable bonds is 4. The van der Waals surface area contributed by atoms with E-state index in [0.717, 1.165) is 44.8 Å². The van der Waals surface area contributed by atoms with E-state index in [1.165, 1.54) is 22.5 Å². The van der Waals surface area contributed by atoms with Crippen LogP contribution in [0.3, 0.4) is 0 Å². The zero-order valence-corrected chi connectivity index (χ0v) is 15.3. The van der Waals surface area contributed by atoms with Gasteiger partial charge in [0.2, 0.25) is 0 Å². The number of benzene rings is 2. The molecule has 3 heterocycles. The van der Waals surface area contributed by atoms with Gasteiger partial charge in [-0.2, -0.15) is 5.10 Å². The minimum absolute atomic E-state index is 0.524. The highest BCUT2D eigenvalue weighted by molar-refractivity contribution is 5.54. The minimum atomic E-state index is 0.524. The molecule has 2 aliphatic rings. The highest BCUT2D eigenvalue weighted by Crippen LogP contribution is 2.26. The van der Waals surface area contributed by atoms with Crippen LogP contribution in [0.2, 0.25) is 0 Å². The van der Waals surface area contributed by atoms with E-state index in [9.17, 15) is 0 Å². The van der Waals surface area contributed by atoms with Gasteiger partial charge in [-0.3, -0.25) is 0 Å². The van der Waals surface area contributed by atoms with Crippen LogP contribution in [0.25, 0.3) is 5.69 Å². The molecule has 1 saturated heterocycles. The third-order valence-corrected chi connectivity index (χ3v) is 5.55. The lowest BCUT2D eigenvalue weighted by Crippen LogP contribution is -2.39. The fraction of sp³-hybridized carbons (Fsp3) is 0.318. The lowest BCUT2D eigenvalue weighted by Gasteiger charge is -2.34. The summed E-state index contributed by atoms with van der Waals surface area (Å²) in [7, 11) is 0. The van der Waals surface area contributed by atoms with Crippen molar-refractivity contribution >= 4 is 11.4 Å². The number of nitrogens with zero attached hydrogens (tertiary/aromatic N) is 3. The third-order valence-electron chi connectivity index (χ3n) is 5.55. The second kappa shape index (κ2) is 7.08. The van der Waals surface area contributed by atoms with Crippen LogP contribution < -0.4 is 10.2 Å². The van der Waals surface area contributed by atoms with Crippen molar-refractivity contribution in [2.75, 3.05) is 23.3 Å². The summed E-state index contributed by atoms with van der Waals surface area (Å²) in [6.45, 7) is 3.63. The van der Waals surface area contributed by atoms with Crippen LogP contribution in [0.4, 0.5) is 11.4 Å². The first-order valence-electron chi connectivity index (χ1n) is 9.66. The fourth-order valence-corrected chi connectivity index (χ4v) is 4.03. The molecular weight excluding hydrogens is 336 g/mol. The third kappa shape index (κ3) is 3.43. The van der Waals surface area contributed by atoms with Gasteiger partial charge in [0.05, 0.1) is 18.9 Å². The van der Waals surface area contributed by atoms with Crippen molar-refractivity contribution in [3.05, 3.63) is 72.1 Å². The quantitative estimate of drug-likeness (QED) is 0.764. The molecule has 5 nitrogen and oxygen atoms in total. The molecule has 138 valence electrons. The molecule has 3 aromatic rings. The lowest BCUT2D eigenvalue weighted by atomic mass is 10.0. The summed E-state index contributed by atoms with van der Waals surface area (Å²) in [5.74, 6) is 0. The Morgan fingerprint density at radius 3 is 2.63 bits per heavy atom. The normalized spacial score (nSPS) is 17.1. The molecule has 0 unspecified atom stereocenters. The molecule has 27 heavy (non-hydrogen) atoms. The molecule has 0 amide bonds. The first-order chi connectivity index (χ1) is 13.3. The first-order valence-corrected chi connectivity index (χ1v) is 9.66. The van der Waals surface area contributed by atoms with Crippen LogP contribution in [0, 0.1) is 0 Å². The molecule has 0 bridgehead atoms.